The summed E-state index contributed by atoms with van der Waals surface area (Å²) in [6.45, 7) is 3.92. The van der Waals surface area contributed by atoms with Crippen LogP contribution < -0.4 is 9.64 Å². The average Bonchev–Trinajstić information content (AvgIpc) is 2.04. The van der Waals surface area contributed by atoms with E-state index in [2.05, 4.69) is 9.97 Å². The van der Waals surface area contributed by atoms with E-state index < -0.39 is 0 Å². The van der Waals surface area contributed by atoms with Crippen LogP contribution in [0.5, 0.6) is 5.88 Å². The zero-order valence-electron chi connectivity index (χ0n) is 8.48. The second-order valence-corrected chi connectivity index (χ2v) is 3.27. The first kappa shape index (κ1) is 9.77. The molecule has 0 bridgehead atoms. The van der Waals surface area contributed by atoms with E-state index >= 15 is 0 Å². The van der Waals surface area contributed by atoms with Crippen LogP contribution in [-0.4, -0.2) is 30.2 Å². The maximum Gasteiger partial charge on any atom is 0.232 e. The fourth-order valence-corrected chi connectivity index (χ4v) is 0.843. The van der Waals surface area contributed by atoms with Gasteiger partial charge in [-0.1, -0.05) is 0 Å². The Kier molecular flexibility index (Phi) is 3.06. The van der Waals surface area contributed by atoms with E-state index in [0.29, 0.717) is 5.88 Å². The Morgan fingerprint density at radius 1 is 1.23 bits per heavy atom. The Hall–Kier alpha value is -1.32. The molecule has 0 aliphatic carbocycles. The molecule has 0 spiro atoms. The van der Waals surface area contributed by atoms with E-state index in [-0.39, 0.29) is 6.10 Å². The molecule has 0 saturated heterocycles. The van der Waals surface area contributed by atoms with Crippen LogP contribution in [-0.2, 0) is 0 Å². The summed E-state index contributed by atoms with van der Waals surface area (Å²) in [5.74, 6) is 1.40. The molecule has 0 amide bonds. The van der Waals surface area contributed by atoms with Crippen LogP contribution in [0.3, 0.4) is 0 Å². The summed E-state index contributed by atoms with van der Waals surface area (Å²) < 4.78 is 5.36. The van der Waals surface area contributed by atoms with Crippen molar-refractivity contribution >= 4 is 5.82 Å². The summed E-state index contributed by atoms with van der Waals surface area (Å²) in [6, 6.07) is 0. The Bertz CT molecular complexity index is 256. The van der Waals surface area contributed by atoms with Crippen molar-refractivity contribution in [3.63, 3.8) is 0 Å². The van der Waals surface area contributed by atoms with Gasteiger partial charge in [-0.15, -0.1) is 0 Å². The molecule has 0 fully saturated rings. The molecule has 1 heterocycles. The highest BCUT2D eigenvalue weighted by Gasteiger charge is 2.01. The SMILES string of the molecule is CC(C)Oc1cnc(N(C)C)cn1. The van der Waals surface area contributed by atoms with Crippen LogP contribution >= 0.6 is 0 Å². The van der Waals surface area contributed by atoms with Gasteiger partial charge in [0.05, 0.1) is 18.5 Å². The Labute approximate surface area is 78.6 Å². The number of aromatic nitrogens is 2. The predicted octanol–water partition coefficient (Wildman–Crippen LogP) is 1.33. The van der Waals surface area contributed by atoms with Crippen molar-refractivity contribution in [3.8, 4) is 5.88 Å². The topological polar surface area (TPSA) is 38.2 Å². The van der Waals surface area contributed by atoms with Gasteiger partial charge in [0.1, 0.15) is 5.82 Å². The molecule has 72 valence electrons. The maximum absolute atomic E-state index is 5.36. The maximum atomic E-state index is 5.36. The number of ether oxygens (including phenoxy) is 1. The van der Waals surface area contributed by atoms with Gasteiger partial charge in [0, 0.05) is 14.1 Å². The standard InChI is InChI=1S/C9H15N3O/c1-7(2)13-9-6-10-8(5-11-9)12(3)4/h5-7H,1-4H3. The second-order valence-electron chi connectivity index (χ2n) is 3.27. The lowest BCUT2D eigenvalue weighted by Crippen LogP contribution is -2.12. The quantitative estimate of drug-likeness (QED) is 0.705. The molecule has 1 aromatic heterocycles. The molecule has 4 heteroatoms. The molecule has 1 rings (SSSR count). The van der Waals surface area contributed by atoms with Crippen LogP contribution in [0.1, 0.15) is 13.8 Å². The van der Waals surface area contributed by atoms with Gasteiger partial charge in [0.2, 0.25) is 5.88 Å². The molecule has 0 atom stereocenters. The van der Waals surface area contributed by atoms with Crippen LogP contribution in [0.4, 0.5) is 5.82 Å². The minimum atomic E-state index is 0.138. The largest absolute Gasteiger partial charge is 0.474 e. The van der Waals surface area contributed by atoms with Crippen LogP contribution in [0.25, 0.3) is 0 Å². The van der Waals surface area contributed by atoms with Crippen molar-refractivity contribution in [1.82, 2.24) is 9.97 Å². The van der Waals surface area contributed by atoms with Crippen molar-refractivity contribution in [2.24, 2.45) is 0 Å². The first-order valence-electron chi connectivity index (χ1n) is 4.25. The van der Waals surface area contributed by atoms with Crippen molar-refractivity contribution in [2.75, 3.05) is 19.0 Å². The molecule has 0 unspecified atom stereocenters. The lowest BCUT2D eigenvalue weighted by atomic mass is 10.5. The highest BCUT2D eigenvalue weighted by Crippen LogP contribution is 2.10. The van der Waals surface area contributed by atoms with Gasteiger partial charge in [0.15, 0.2) is 0 Å². The van der Waals surface area contributed by atoms with E-state index in [1.807, 2.05) is 32.8 Å². The molecular weight excluding hydrogens is 166 g/mol. The summed E-state index contributed by atoms with van der Waals surface area (Å²) in [6.07, 6.45) is 3.46. The number of hydrogen-bond acceptors (Lipinski definition) is 4. The zero-order valence-corrected chi connectivity index (χ0v) is 8.48. The number of anilines is 1. The first-order valence-corrected chi connectivity index (χ1v) is 4.25. The normalized spacial score (nSPS) is 10.2. The first-order chi connectivity index (χ1) is 6.09. The summed E-state index contributed by atoms with van der Waals surface area (Å²) in [7, 11) is 3.85. The summed E-state index contributed by atoms with van der Waals surface area (Å²) >= 11 is 0. The van der Waals surface area contributed by atoms with Gasteiger partial charge < -0.3 is 9.64 Å². The fourth-order valence-electron chi connectivity index (χ4n) is 0.843. The molecule has 0 aliphatic heterocycles. The van der Waals surface area contributed by atoms with E-state index in [1.54, 1.807) is 12.4 Å². The molecule has 0 saturated carbocycles. The monoisotopic (exact) mass is 181 g/mol. The summed E-state index contributed by atoms with van der Waals surface area (Å²) in [4.78, 5) is 10.2. The third-order valence-corrected chi connectivity index (χ3v) is 1.43. The van der Waals surface area contributed by atoms with Gasteiger partial charge in [-0.25, -0.2) is 9.97 Å². The van der Waals surface area contributed by atoms with Gasteiger partial charge >= 0.3 is 0 Å². The highest BCUT2D eigenvalue weighted by atomic mass is 16.5. The Morgan fingerprint density at radius 3 is 2.31 bits per heavy atom. The van der Waals surface area contributed by atoms with Crippen LogP contribution in [0, 0.1) is 0 Å². The Morgan fingerprint density at radius 2 is 1.92 bits per heavy atom. The molecule has 0 aliphatic rings. The Balaban J connectivity index is 2.70. The molecule has 13 heavy (non-hydrogen) atoms. The van der Waals surface area contributed by atoms with Gasteiger partial charge in [0.25, 0.3) is 0 Å². The molecule has 1 aromatic rings. The number of rotatable bonds is 3. The van der Waals surface area contributed by atoms with Gasteiger partial charge in [-0.2, -0.15) is 0 Å². The fraction of sp³-hybridized carbons (Fsp3) is 0.556. The molecule has 0 aromatic carbocycles. The van der Waals surface area contributed by atoms with E-state index in [0.717, 1.165) is 5.82 Å². The number of nitrogens with zero attached hydrogens (tertiary/aromatic N) is 3. The average molecular weight is 181 g/mol. The predicted molar refractivity (Wildman–Crippen MR) is 52.1 cm³/mol. The van der Waals surface area contributed by atoms with Crippen molar-refractivity contribution in [2.45, 2.75) is 20.0 Å². The summed E-state index contributed by atoms with van der Waals surface area (Å²) in [5, 5.41) is 0. The molecule has 0 radical (unpaired) electrons. The van der Waals surface area contributed by atoms with Crippen molar-refractivity contribution in [3.05, 3.63) is 12.4 Å². The second kappa shape index (κ2) is 4.07. The smallest absolute Gasteiger partial charge is 0.232 e. The third-order valence-electron chi connectivity index (χ3n) is 1.43. The zero-order chi connectivity index (χ0) is 9.84. The third kappa shape index (κ3) is 2.89. The molecule has 0 N–H and O–H groups in total. The number of hydrogen-bond donors (Lipinski definition) is 0. The lowest BCUT2D eigenvalue weighted by Gasteiger charge is -2.12. The van der Waals surface area contributed by atoms with Gasteiger partial charge in [-0.3, -0.25) is 0 Å². The van der Waals surface area contributed by atoms with E-state index in [1.165, 1.54) is 0 Å². The van der Waals surface area contributed by atoms with Crippen LogP contribution in [0.2, 0.25) is 0 Å². The van der Waals surface area contributed by atoms with E-state index in [9.17, 15) is 0 Å². The minimum Gasteiger partial charge on any atom is -0.474 e. The van der Waals surface area contributed by atoms with Gasteiger partial charge in [-0.05, 0) is 13.8 Å². The van der Waals surface area contributed by atoms with Crippen molar-refractivity contribution in [1.29, 1.82) is 0 Å². The van der Waals surface area contributed by atoms with E-state index in [4.69, 9.17) is 4.74 Å². The highest BCUT2D eigenvalue weighted by molar-refractivity contribution is 5.33. The minimum absolute atomic E-state index is 0.138. The van der Waals surface area contributed by atoms with Crippen LogP contribution in [0.15, 0.2) is 12.4 Å². The molecular formula is C9H15N3O. The van der Waals surface area contributed by atoms with Crippen molar-refractivity contribution < 1.29 is 4.74 Å². The lowest BCUT2D eigenvalue weighted by molar-refractivity contribution is 0.231. The summed E-state index contributed by atoms with van der Waals surface area (Å²) in [5.41, 5.74) is 0. The molecule has 4 nitrogen and oxygen atoms in total.